The number of benzene rings is 1. The number of nitrogens with zero attached hydrogens (tertiary/aromatic N) is 2. The van der Waals surface area contributed by atoms with Gasteiger partial charge < -0.3 is 5.32 Å². The topological polar surface area (TPSA) is 39.1 Å². The van der Waals surface area contributed by atoms with E-state index in [2.05, 4.69) is 47.5 Å². The van der Waals surface area contributed by atoms with Crippen molar-refractivity contribution in [2.24, 2.45) is 0 Å². The molecule has 1 aromatic rings. The highest BCUT2D eigenvalue weighted by Crippen LogP contribution is 2.10. The Labute approximate surface area is 103 Å². The lowest BCUT2D eigenvalue weighted by molar-refractivity contribution is 0.194. The molecule has 1 fully saturated rings. The minimum atomic E-state index is 0.333. The van der Waals surface area contributed by atoms with Gasteiger partial charge in [0.1, 0.15) is 0 Å². The number of hydrogen-bond donors (Lipinski definition) is 1. The van der Waals surface area contributed by atoms with Gasteiger partial charge in [-0.2, -0.15) is 5.26 Å². The van der Waals surface area contributed by atoms with E-state index in [1.54, 1.807) is 0 Å². The predicted molar refractivity (Wildman–Crippen MR) is 68.5 cm³/mol. The highest BCUT2D eigenvalue weighted by Gasteiger charge is 2.18. The van der Waals surface area contributed by atoms with E-state index in [0.717, 1.165) is 26.2 Å². The zero-order chi connectivity index (χ0) is 12.1. The van der Waals surface area contributed by atoms with Crippen LogP contribution in [0, 0.1) is 18.3 Å². The van der Waals surface area contributed by atoms with Gasteiger partial charge in [0, 0.05) is 32.2 Å². The van der Waals surface area contributed by atoms with Crippen molar-refractivity contribution in [1.82, 2.24) is 10.2 Å². The normalized spacial score (nSPS) is 21.1. The predicted octanol–water partition coefficient (Wildman–Crippen LogP) is 1.68. The average Bonchev–Trinajstić information content (AvgIpc) is 2.33. The SMILES string of the molecule is Cc1ccc(CN2CCNC(CC#N)C2)cc1. The summed E-state index contributed by atoms with van der Waals surface area (Å²) >= 11 is 0. The van der Waals surface area contributed by atoms with Crippen LogP contribution in [0.25, 0.3) is 0 Å². The number of piperazine rings is 1. The lowest BCUT2D eigenvalue weighted by Gasteiger charge is -2.32. The Hall–Kier alpha value is -1.37. The molecule has 0 spiro atoms. The molecule has 1 unspecified atom stereocenters. The summed E-state index contributed by atoms with van der Waals surface area (Å²) in [7, 11) is 0. The molecule has 1 heterocycles. The fourth-order valence-corrected chi connectivity index (χ4v) is 2.24. The molecule has 90 valence electrons. The first-order valence-electron chi connectivity index (χ1n) is 6.16. The molecule has 1 aliphatic rings. The first-order chi connectivity index (χ1) is 8.28. The monoisotopic (exact) mass is 229 g/mol. The molecular weight excluding hydrogens is 210 g/mol. The molecule has 0 saturated carbocycles. The summed E-state index contributed by atoms with van der Waals surface area (Å²) in [6.07, 6.45) is 0.602. The fourth-order valence-electron chi connectivity index (χ4n) is 2.24. The summed E-state index contributed by atoms with van der Waals surface area (Å²) in [6, 6.07) is 11.3. The molecule has 17 heavy (non-hydrogen) atoms. The second kappa shape index (κ2) is 5.81. The maximum atomic E-state index is 8.72. The third-order valence-corrected chi connectivity index (χ3v) is 3.20. The molecule has 0 aliphatic carbocycles. The van der Waals surface area contributed by atoms with Crippen molar-refractivity contribution in [2.45, 2.75) is 25.9 Å². The molecule has 1 saturated heterocycles. The van der Waals surface area contributed by atoms with Crippen LogP contribution in [0.2, 0.25) is 0 Å². The van der Waals surface area contributed by atoms with Gasteiger partial charge in [-0.05, 0) is 12.5 Å². The van der Waals surface area contributed by atoms with Crippen LogP contribution < -0.4 is 5.32 Å². The van der Waals surface area contributed by atoms with E-state index in [-0.39, 0.29) is 0 Å². The van der Waals surface area contributed by atoms with Gasteiger partial charge in [-0.25, -0.2) is 0 Å². The summed E-state index contributed by atoms with van der Waals surface area (Å²) in [5, 5.41) is 12.1. The lowest BCUT2D eigenvalue weighted by Crippen LogP contribution is -2.49. The van der Waals surface area contributed by atoms with Crippen molar-refractivity contribution in [1.29, 1.82) is 5.26 Å². The van der Waals surface area contributed by atoms with Crippen molar-refractivity contribution >= 4 is 0 Å². The number of hydrogen-bond acceptors (Lipinski definition) is 3. The second-order valence-corrected chi connectivity index (χ2v) is 4.73. The van der Waals surface area contributed by atoms with Crippen LogP contribution in [-0.4, -0.2) is 30.6 Å². The molecule has 0 radical (unpaired) electrons. The van der Waals surface area contributed by atoms with Crippen LogP contribution in [0.1, 0.15) is 17.5 Å². The highest BCUT2D eigenvalue weighted by molar-refractivity contribution is 5.21. The zero-order valence-corrected chi connectivity index (χ0v) is 10.3. The van der Waals surface area contributed by atoms with Crippen molar-refractivity contribution in [2.75, 3.05) is 19.6 Å². The molecule has 3 heteroatoms. The van der Waals surface area contributed by atoms with Crippen LogP contribution in [0.15, 0.2) is 24.3 Å². The van der Waals surface area contributed by atoms with Gasteiger partial charge in [-0.3, -0.25) is 4.90 Å². The molecular formula is C14H19N3. The third-order valence-electron chi connectivity index (χ3n) is 3.20. The molecule has 1 atom stereocenters. The summed E-state index contributed by atoms with van der Waals surface area (Å²) in [4.78, 5) is 2.42. The van der Waals surface area contributed by atoms with Crippen molar-refractivity contribution in [3.05, 3.63) is 35.4 Å². The van der Waals surface area contributed by atoms with Crippen LogP contribution in [0.5, 0.6) is 0 Å². The number of nitriles is 1. The molecule has 0 aromatic heterocycles. The number of aryl methyl sites for hydroxylation is 1. The van der Waals surface area contributed by atoms with Crippen LogP contribution in [0.4, 0.5) is 0 Å². The Morgan fingerprint density at radius 2 is 2.18 bits per heavy atom. The first-order valence-corrected chi connectivity index (χ1v) is 6.16. The Bertz CT molecular complexity index is 391. The standard InChI is InChI=1S/C14H19N3/c1-12-2-4-13(5-3-12)10-17-9-8-16-14(11-17)6-7-15/h2-5,14,16H,6,8-11H2,1H3. The fraction of sp³-hybridized carbons (Fsp3) is 0.500. The van der Waals surface area contributed by atoms with Gasteiger partial charge in [0.15, 0.2) is 0 Å². The number of rotatable bonds is 3. The average molecular weight is 229 g/mol. The van der Waals surface area contributed by atoms with Crippen molar-refractivity contribution in [3.63, 3.8) is 0 Å². The maximum Gasteiger partial charge on any atom is 0.0638 e. The van der Waals surface area contributed by atoms with Crippen molar-refractivity contribution in [3.8, 4) is 6.07 Å². The zero-order valence-electron chi connectivity index (χ0n) is 10.3. The van der Waals surface area contributed by atoms with Gasteiger partial charge in [0.05, 0.1) is 12.5 Å². The highest BCUT2D eigenvalue weighted by atomic mass is 15.2. The van der Waals surface area contributed by atoms with E-state index in [0.29, 0.717) is 12.5 Å². The Morgan fingerprint density at radius 3 is 2.88 bits per heavy atom. The smallest absolute Gasteiger partial charge is 0.0638 e. The maximum absolute atomic E-state index is 8.72. The molecule has 3 nitrogen and oxygen atoms in total. The first kappa shape index (κ1) is 12.1. The molecule has 1 N–H and O–H groups in total. The van der Waals surface area contributed by atoms with E-state index < -0.39 is 0 Å². The van der Waals surface area contributed by atoms with Crippen LogP contribution in [0.3, 0.4) is 0 Å². The van der Waals surface area contributed by atoms with Gasteiger partial charge in [-0.1, -0.05) is 29.8 Å². The van der Waals surface area contributed by atoms with E-state index in [1.165, 1.54) is 11.1 Å². The molecule has 2 rings (SSSR count). The minimum absolute atomic E-state index is 0.333. The molecule has 1 aromatic carbocycles. The summed E-state index contributed by atoms with van der Waals surface area (Å²) in [6.45, 7) is 6.12. The molecule has 1 aliphatic heterocycles. The minimum Gasteiger partial charge on any atom is -0.310 e. The largest absolute Gasteiger partial charge is 0.310 e. The number of nitrogens with one attached hydrogen (secondary N) is 1. The second-order valence-electron chi connectivity index (χ2n) is 4.73. The molecule has 0 bridgehead atoms. The summed E-state index contributed by atoms with van der Waals surface area (Å²) < 4.78 is 0. The Balaban J connectivity index is 1.90. The third kappa shape index (κ3) is 3.55. The van der Waals surface area contributed by atoms with Crippen molar-refractivity contribution < 1.29 is 0 Å². The summed E-state index contributed by atoms with van der Waals surface area (Å²) in [5.41, 5.74) is 2.66. The lowest BCUT2D eigenvalue weighted by atomic mass is 10.1. The van der Waals surface area contributed by atoms with Gasteiger partial charge in [-0.15, -0.1) is 0 Å². The van der Waals surface area contributed by atoms with Crippen LogP contribution in [-0.2, 0) is 6.54 Å². The van der Waals surface area contributed by atoms with Crippen LogP contribution >= 0.6 is 0 Å². The summed E-state index contributed by atoms with van der Waals surface area (Å²) in [5.74, 6) is 0. The van der Waals surface area contributed by atoms with Gasteiger partial charge in [0.25, 0.3) is 0 Å². The van der Waals surface area contributed by atoms with E-state index in [1.807, 2.05) is 0 Å². The quantitative estimate of drug-likeness (QED) is 0.857. The van der Waals surface area contributed by atoms with Gasteiger partial charge in [0.2, 0.25) is 0 Å². The molecule has 0 amide bonds. The van der Waals surface area contributed by atoms with E-state index >= 15 is 0 Å². The van der Waals surface area contributed by atoms with E-state index in [9.17, 15) is 0 Å². The Morgan fingerprint density at radius 1 is 1.41 bits per heavy atom. The van der Waals surface area contributed by atoms with E-state index in [4.69, 9.17) is 5.26 Å². The Kier molecular flexibility index (Phi) is 4.13. The van der Waals surface area contributed by atoms with Gasteiger partial charge >= 0.3 is 0 Å².